The second kappa shape index (κ2) is 9.05. The number of carbonyl (C=O) groups excluding carboxylic acids is 2. The molecule has 0 bridgehead atoms. The Balaban J connectivity index is 1.66. The van der Waals surface area contributed by atoms with E-state index in [0.717, 1.165) is 10.0 Å². The summed E-state index contributed by atoms with van der Waals surface area (Å²) in [6.07, 6.45) is 1.52. The highest BCUT2D eigenvalue weighted by molar-refractivity contribution is 9.10. The maximum Gasteiger partial charge on any atom is 0.271 e. The van der Waals surface area contributed by atoms with Gasteiger partial charge in [0.2, 0.25) is 0 Å². The lowest BCUT2D eigenvalue weighted by molar-refractivity contribution is 0.0953. The number of amides is 2. The van der Waals surface area contributed by atoms with Crippen LogP contribution in [0.25, 0.3) is 0 Å². The Hall–Kier alpha value is -3.32. The van der Waals surface area contributed by atoms with Crippen LogP contribution in [0.5, 0.6) is 0 Å². The van der Waals surface area contributed by atoms with E-state index in [9.17, 15) is 14.0 Å². The summed E-state index contributed by atoms with van der Waals surface area (Å²) >= 11 is 3.36. The van der Waals surface area contributed by atoms with Crippen molar-refractivity contribution in [2.45, 2.75) is 0 Å². The first-order valence-corrected chi connectivity index (χ1v) is 9.07. The van der Waals surface area contributed by atoms with Gasteiger partial charge in [-0.25, -0.2) is 9.82 Å². The Morgan fingerprint density at radius 2 is 1.71 bits per heavy atom. The molecule has 0 fully saturated rings. The minimum Gasteiger partial charge on any atom is -0.322 e. The van der Waals surface area contributed by atoms with Crippen molar-refractivity contribution in [1.29, 1.82) is 0 Å². The average molecular weight is 440 g/mol. The number of hydrogen-bond donors (Lipinski definition) is 2. The van der Waals surface area contributed by atoms with E-state index >= 15 is 0 Å². The number of benzene rings is 3. The first kappa shape index (κ1) is 19.4. The Morgan fingerprint density at radius 1 is 0.929 bits per heavy atom. The summed E-state index contributed by atoms with van der Waals surface area (Å²) in [6.45, 7) is 0. The van der Waals surface area contributed by atoms with Crippen molar-refractivity contribution in [2.75, 3.05) is 5.32 Å². The van der Waals surface area contributed by atoms with E-state index in [2.05, 4.69) is 31.8 Å². The molecule has 3 aromatic rings. The third kappa shape index (κ3) is 5.11. The van der Waals surface area contributed by atoms with E-state index in [4.69, 9.17) is 0 Å². The van der Waals surface area contributed by atoms with Gasteiger partial charge in [0, 0.05) is 15.7 Å². The molecule has 28 heavy (non-hydrogen) atoms. The first-order chi connectivity index (χ1) is 13.5. The molecule has 0 spiro atoms. The van der Waals surface area contributed by atoms with Crippen LogP contribution in [0.1, 0.15) is 26.3 Å². The summed E-state index contributed by atoms with van der Waals surface area (Å²) in [6, 6.07) is 19.4. The number of nitrogens with one attached hydrogen (secondary N) is 2. The number of nitrogens with zero attached hydrogens (tertiary/aromatic N) is 1. The molecule has 0 aromatic heterocycles. The number of halogens is 2. The van der Waals surface area contributed by atoms with Crippen LogP contribution in [0.3, 0.4) is 0 Å². The molecule has 0 saturated carbocycles. The van der Waals surface area contributed by atoms with Crippen LogP contribution in [-0.4, -0.2) is 18.0 Å². The molecular weight excluding hydrogens is 425 g/mol. The summed E-state index contributed by atoms with van der Waals surface area (Å²) in [5.74, 6) is -1.65. The summed E-state index contributed by atoms with van der Waals surface area (Å²) in [5, 5.41) is 6.51. The Bertz CT molecular complexity index is 1050. The van der Waals surface area contributed by atoms with Crippen LogP contribution in [0.15, 0.2) is 82.4 Å². The maximum absolute atomic E-state index is 13.7. The second-order valence-electron chi connectivity index (χ2n) is 5.77. The molecular formula is C21H15BrFN3O2. The minimum atomic E-state index is -0.615. The fourth-order valence-corrected chi connectivity index (χ4v) is 2.82. The van der Waals surface area contributed by atoms with Gasteiger partial charge >= 0.3 is 0 Å². The number of anilines is 1. The van der Waals surface area contributed by atoms with Crippen molar-refractivity contribution in [3.63, 3.8) is 0 Å². The molecule has 2 N–H and O–H groups in total. The Morgan fingerprint density at radius 3 is 2.50 bits per heavy atom. The molecule has 3 aromatic carbocycles. The SMILES string of the molecule is O=C(N/N=C\c1cccc(Br)c1)c1cccc(NC(=O)c2ccccc2F)c1. The van der Waals surface area contributed by atoms with Gasteiger partial charge in [-0.1, -0.05) is 46.3 Å². The van der Waals surface area contributed by atoms with Gasteiger partial charge < -0.3 is 5.32 Å². The van der Waals surface area contributed by atoms with Gasteiger partial charge in [-0.2, -0.15) is 5.10 Å². The summed E-state index contributed by atoms with van der Waals surface area (Å²) < 4.78 is 14.6. The van der Waals surface area contributed by atoms with E-state index in [1.165, 1.54) is 30.5 Å². The zero-order valence-electron chi connectivity index (χ0n) is 14.5. The van der Waals surface area contributed by atoms with Crippen LogP contribution in [0.2, 0.25) is 0 Å². The van der Waals surface area contributed by atoms with E-state index < -0.39 is 17.6 Å². The van der Waals surface area contributed by atoms with Gasteiger partial charge in [-0.3, -0.25) is 9.59 Å². The summed E-state index contributed by atoms with van der Waals surface area (Å²) in [7, 11) is 0. The van der Waals surface area contributed by atoms with Gasteiger partial charge in [0.1, 0.15) is 5.82 Å². The van der Waals surface area contributed by atoms with Gasteiger partial charge in [0.05, 0.1) is 11.8 Å². The van der Waals surface area contributed by atoms with E-state index in [-0.39, 0.29) is 5.56 Å². The normalized spacial score (nSPS) is 10.6. The second-order valence-corrected chi connectivity index (χ2v) is 6.68. The number of hydrazone groups is 1. The lowest BCUT2D eigenvalue weighted by atomic mass is 10.1. The van der Waals surface area contributed by atoms with Crippen molar-refractivity contribution in [3.05, 3.63) is 99.8 Å². The van der Waals surface area contributed by atoms with Crippen molar-refractivity contribution < 1.29 is 14.0 Å². The Kier molecular flexibility index (Phi) is 6.29. The van der Waals surface area contributed by atoms with Gasteiger partial charge in [0.25, 0.3) is 11.8 Å². The molecule has 3 rings (SSSR count). The van der Waals surface area contributed by atoms with Crippen molar-refractivity contribution in [2.24, 2.45) is 5.10 Å². The van der Waals surface area contributed by atoms with Crippen molar-refractivity contribution >= 4 is 39.6 Å². The molecule has 2 amide bonds. The lowest BCUT2D eigenvalue weighted by Gasteiger charge is -2.07. The lowest BCUT2D eigenvalue weighted by Crippen LogP contribution is -2.18. The van der Waals surface area contributed by atoms with Gasteiger partial charge in [0.15, 0.2) is 0 Å². The quantitative estimate of drug-likeness (QED) is 0.450. The van der Waals surface area contributed by atoms with Crippen LogP contribution in [-0.2, 0) is 0 Å². The molecule has 0 saturated heterocycles. The molecule has 0 aliphatic rings. The third-order valence-corrected chi connectivity index (χ3v) is 4.22. The number of hydrogen-bond acceptors (Lipinski definition) is 3. The molecule has 0 radical (unpaired) electrons. The van der Waals surface area contributed by atoms with Crippen LogP contribution < -0.4 is 10.7 Å². The Labute approximate surface area is 169 Å². The number of carbonyl (C=O) groups is 2. The highest BCUT2D eigenvalue weighted by atomic mass is 79.9. The standard InChI is InChI=1S/C21H15BrFN3O2/c22-16-7-3-5-14(11-16)13-24-26-20(27)15-6-4-8-17(12-15)25-21(28)18-9-1-2-10-19(18)23/h1-13H,(H,25,28)(H,26,27)/b24-13-. The zero-order chi connectivity index (χ0) is 19.9. The van der Waals surface area contributed by atoms with Crippen molar-refractivity contribution in [1.82, 2.24) is 5.43 Å². The molecule has 0 heterocycles. The fraction of sp³-hybridized carbons (Fsp3) is 0. The zero-order valence-corrected chi connectivity index (χ0v) is 16.1. The topological polar surface area (TPSA) is 70.6 Å². The highest BCUT2D eigenvalue weighted by Gasteiger charge is 2.12. The minimum absolute atomic E-state index is 0.0732. The predicted molar refractivity (Wildman–Crippen MR) is 110 cm³/mol. The first-order valence-electron chi connectivity index (χ1n) is 8.28. The summed E-state index contributed by atoms with van der Waals surface area (Å²) in [5.41, 5.74) is 3.85. The van der Waals surface area contributed by atoms with Crippen molar-refractivity contribution in [3.8, 4) is 0 Å². The fourth-order valence-electron chi connectivity index (χ4n) is 2.40. The molecule has 0 aliphatic heterocycles. The highest BCUT2D eigenvalue weighted by Crippen LogP contribution is 2.14. The molecule has 7 heteroatoms. The van der Waals surface area contributed by atoms with E-state index in [1.54, 1.807) is 24.3 Å². The van der Waals surface area contributed by atoms with Gasteiger partial charge in [-0.05, 0) is 48.0 Å². The van der Waals surface area contributed by atoms with E-state index in [0.29, 0.717) is 11.3 Å². The number of rotatable bonds is 5. The summed E-state index contributed by atoms with van der Waals surface area (Å²) in [4.78, 5) is 24.5. The molecule has 0 aliphatic carbocycles. The molecule has 5 nitrogen and oxygen atoms in total. The largest absolute Gasteiger partial charge is 0.322 e. The van der Waals surface area contributed by atoms with Crippen LogP contribution >= 0.6 is 15.9 Å². The van der Waals surface area contributed by atoms with E-state index in [1.807, 2.05) is 24.3 Å². The third-order valence-electron chi connectivity index (χ3n) is 3.73. The van der Waals surface area contributed by atoms with Crippen LogP contribution in [0, 0.1) is 5.82 Å². The van der Waals surface area contributed by atoms with Gasteiger partial charge in [-0.15, -0.1) is 0 Å². The predicted octanol–water partition coefficient (Wildman–Crippen LogP) is 4.60. The molecule has 140 valence electrons. The molecule has 0 unspecified atom stereocenters. The molecule has 0 atom stereocenters. The monoisotopic (exact) mass is 439 g/mol. The maximum atomic E-state index is 13.7. The van der Waals surface area contributed by atoms with Crippen LogP contribution in [0.4, 0.5) is 10.1 Å². The average Bonchev–Trinajstić information content (AvgIpc) is 2.68. The smallest absolute Gasteiger partial charge is 0.271 e.